The molecule has 0 bridgehead atoms. The van der Waals surface area contributed by atoms with Gasteiger partial charge in [-0.3, -0.25) is 4.79 Å². The number of hydrogen-bond donors (Lipinski definition) is 1. The van der Waals surface area contributed by atoms with Gasteiger partial charge in [0.15, 0.2) is 5.78 Å². The van der Waals surface area contributed by atoms with Gasteiger partial charge in [-0.25, -0.2) is 0 Å². The van der Waals surface area contributed by atoms with Crippen LogP contribution in [0, 0.1) is 17.2 Å². The topological polar surface area (TPSA) is 52.9 Å². The first-order valence-electron chi connectivity index (χ1n) is 5.52. The molecule has 0 radical (unpaired) electrons. The van der Waals surface area contributed by atoms with Crippen molar-refractivity contribution in [2.45, 2.75) is 18.9 Å². The number of nitrogens with zero attached hydrogens (tertiary/aromatic N) is 1. The third-order valence-corrected chi connectivity index (χ3v) is 2.95. The van der Waals surface area contributed by atoms with Gasteiger partial charge in [-0.15, -0.1) is 0 Å². The van der Waals surface area contributed by atoms with E-state index in [1.54, 1.807) is 0 Å². The van der Waals surface area contributed by atoms with Crippen molar-refractivity contribution in [3.05, 3.63) is 35.9 Å². The van der Waals surface area contributed by atoms with Crippen LogP contribution in [0.1, 0.15) is 12.0 Å². The normalized spacial score (nSPS) is 25.1. The van der Waals surface area contributed by atoms with Gasteiger partial charge in [0, 0.05) is 0 Å². The molecular formula is C13H14N2O. The fraction of sp³-hybridized carbons (Fsp3) is 0.385. The Morgan fingerprint density at radius 1 is 1.38 bits per heavy atom. The standard InChI is InChI=1S/C13H14N2O/c14-9-11-6-7-15-12(13(11)16)8-10-4-2-1-3-5-10/h1-5,11-12,15H,6-8H2. The fourth-order valence-electron chi connectivity index (χ4n) is 2.04. The van der Waals surface area contributed by atoms with Gasteiger partial charge in [0.1, 0.15) is 5.92 Å². The average molecular weight is 214 g/mol. The molecule has 1 saturated heterocycles. The molecule has 1 heterocycles. The van der Waals surface area contributed by atoms with Crippen LogP contribution in [0.4, 0.5) is 0 Å². The van der Waals surface area contributed by atoms with Crippen LogP contribution < -0.4 is 5.32 Å². The minimum absolute atomic E-state index is 0.0394. The van der Waals surface area contributed by atoms with E-state index in [9.17, 15) is 4.79 Å². The zero-order chi connectivity index (χ0) is 11.4. The van der Waals surface area contributed by atoms with Gasteiger partial charge >= 0.3 is 0 Å². The smallest absolute Gasteiger partial charge is 0.167 e. The zero-order valence-corrected chi connectivity index (χ0v) is 9.02. The lowest BCUT2D eigenvalue weighted by atomic mass is 9.89. The number of Topliss-reactive ketones (excluding diaryl/α,β-unsaturated/α-hetero) is 1. The number of carbonyl (C=O) groups is 1. The molecule has 2 unspecified atom stereocenters. The Morgan fingerprint density at radius 2 is 2.12 bits per heavy atom. The summed E-state index contributed by atoms with van der Waals surface area (Å²) in [7, 11) is 0. The SMILES string of the molecule is N#CC1CCNC(Cc2ccccc2)C1=O. The first kappa shape index (κ1) is 10.8. The Kier molecular flexibility index (Phi) is 3.33. The second-order valence-corrected chi connectivity index (χ2v) is 4.07. The Labute approximate surface area is 95.1 Å². The van der Waals surface area contributed by atoms with E-state index >= 15 is 0 Å². The van der Waals surface area contributed by atoms with E-state index < -0.39 is 5.92 Å². The molecule has 1 aromatic carbocycles. The van der Waals surface area contributed by atoms with Crippen LogP contribution in [-0.2, 0) is 11.2 Å². The van der Waals surface area contributed by atoms with Crippen molar-refractivity contribution >= 4 is 5.78 Å². The van der Waals surface area contributed by atoms with Crippen molar-refractivity contribution in [2.24, 2.45) is 5.92 Å². The highest BCUT2D eigenvalue weighted by Crippen LogP contribution is 2.14. The third kappa shape index (κ3) is 2.29. The lowest BCUT2D eigenvalue weighted by molar-refractivity contribution is -0.124. The van der Waals surface area contributed by atoms with Gasteiger partial charge in [-0.2, -0.15) is 5.26 Å². The molecule has 0 aromatic heterocycles. The molecule has 1 fully saturated rings. The summed E-state index contributed by atoms with van der Waals surface area (Å²) in [6, 6.07) is 11.8. The van der Waals surface area contributed by atoms with E-state index in [2.05, 4.69) is 11.4 Å². The molecule has 16 heavy (non-hydrogen) atoms. The summed E-state index contributed by atoms with van der Waals surface area (Å²) in [4.78, 5) is 11.9. The molecule has 0 amide bonds. The summed E-state index contributed by atoms with van der Waals surface area (Å²) in [6.45, 7) is 0.751. The highest BCUT2D eigenvalue weighted by Gasteiger charge is 2.30. The number of benzene rings is 1. The predicted molar refractivity (Wildman–Crippen MR) is 60.7 cm³/mol. The number of rotatable bonds is 2. The van der Waals surface area contributed by atoms with Crippen LogP contribution in [0.5, 0.6) is 0 Å². The van der Waals surface area contributed by atoms with E-state index in [0.717, 1.165) is 12.1 Å². The van der Waals surface area contributed by atoms with Crippen molar-refractivity contribution < 1.29 is 4.79 Å². The molecule has 1 aliphatic rings. The van der Waals surface area contributed by atoms with Crippen LogP contribution in [0.15, 0.2) is 30.3 Å². The maximum absolute atomic E-state index is 11.9. The van der Waals surface area contributed by atoms with E-state index in [-0.39, 0.29) is 11.8 Å². The number of nitriles is 1. The summed E-state index contributed by atoms with van der Waals surface area (Å²) in [5.74, 6) is -0.382. The molecule has 1 aliphatic heterocycles. The molecule has 3 heteroatoms. The minimum atomic E-state index is -0.421. The van der Waals surface area contributed by atoms with E-state index in [1.165, 1.54) is 0 Å². The van der Waals surface area contributed by atoms with Gasteiger partial charge in [-0.05, 0) is 24.9 Å². The van der Waals surface area contributed by atoms with Crippen LogP contribution in [0.25, 0.3) is 0 Å². The van der Waals surface area contributed by atoms with E-state index in [0.29, 0.717) is 12.8 Å². The molecule has 82 valence electrons. The number of carbonyl (C=O) groups excluding carboxylic acids is 1. The highest BCUT2D eigenvalue weighted by molar-refractivity contribution is 5.89. The second-order valence-electron chi connectivity index (χ2n) is 4.07. The van der Waals surface area contributed by atoms with Crippen LogP contribution in [0.2, 0.25) is 0 Å². The first-order valence-corrected chi connectivity index (χ1v) is 5.52. The highest BCUT2D eigenvalue weighted by atomic mass is 16.1. The molecule has 1 aromatic rings. The summed E-state index contributed by atoms with van der Waals surface area (Å²) < 4.78 is 0. The molecule has 0 aliphatic carbocycles. The Morgan fingerprint density at radius 3 is 2.81 bits per heavy atom. The van der Waals surface area contributed by atoms with Gasteiger partial charge in [0.05, 0.1) is 12.1 Å². The van der Waals surface area contributed by atoms with E-state index in [1.807, 2.05) is 30.3 Å². The predicted octanol–water partition coefficient (Wildman–Crippen LogP) is 1.30. The van der Waals surface area contributed by atoms with Gasteiger partial charge < -0.3 is 5.32 Å². The van der Waals surface area contributed by atoms with E-state index in [4.69, 9.17) is 5.26 Å². The summed E-state index contributed by atoms with van der Waals surface area (Å²) in [5.41, 5.74) is 1.13. The zero-order valence-electron chi connectivity index (χ0n) is 9.02. The van der Waals surface area contributed by atoms with Crippen LogP contribution >= 0.6 is 0 Å². The van der Waals surface area contributed by atoms with Gasteiger partial charge in [-0.1, -0.05) is 30.3 Å². The van der Waals surface area contributed by atoms with Crippen molar-refractivity contribution in [2.75, 3.05) is 6.54 Å². The van der Waals surface area contributed by atoms with Crippen LogP contribution in [-0.4, -0.2) is 18.4 Å². The average Bonchev–Trinajstić information content (AvgIpc) is 2.33. The summed E-state index contributed by atoms with van der Waals surface area (Å²) >= 11 is 0. The molecule has 2 atom stereocenters. The Hall–Kier alpha value is -1.66. The van der Waals surface area contributed by atoms with Crippen molar-refractivity contribution in [3.8, 4) is 6.07 Å². The van der Waals surface area contributed by atoms with Gasteiger partial charge in [0.2, 0.25) is 0 Å². The van der Waals surface area contributed by atoms with Crippen molar-refractivity contribution in [1.82, 2.24) is 5.32 Å². The van der Waals surface area contributed by atoms with Gasteiger partial charge in [0.25, 0.3) is 0 Å². The number of ketones is 1. The lowest BCUT2D eigenvalue weighted by Gasteiger charge is -2.25. The molecule has 2 rings (SSSR count). The third-order valence-electron chi connectivity index (χ3n) is 2.95. The molecule has 0 saturated carbocycles. The number of piperidine rings is 1. The number of hydrogen-bond acceptors (Lipinski definition) is 3. The maximum atomic E-state index is 11.9. The monoisotopic (exact) mass is 214 g/mol. The molecule has 1 N–H and O–H groups in total. The largest absolute Gasteiger partial charge is 0.307 e. The lowest BCUT2D eigenvalue weighted by Crippen LogP contribution is -2.47. The second kappa shape index (κ2) is 4.91. The maximum Gasteiger partial charge on any atom is 0.167 e. The first-order chi connectivity index (χ1) is 7.81. The molecule has 3 nitrogen and oxygen atoms in total. The Balaban J connectivity index is 2.05. The Bertz CT molecular complexity index is 408. The minimum Gasteiger partial charge on any atom is -0.307 e. The summed E-state index contributed by atoms with van der Waals surface area (Å²) in [5, 5.41) is 12.0. The molecule has 0 spiro atoms. The molecular weight excluding hydrogens is 200 g/mol. The quantitative estimate of drug-likeness (QED) is 0.807. The van der Waals surface area contributed by atoms with Crippen molar-refractivity contribution in [1.29, 1.82) is 5.26 Å². The number of nitrogens with one attached hydrogen (secondary N) is 1. The fourth-order valence-corrected chi connectivity index (χ4v) is 2.04. The van der Waals surface area contributed by atoms with Crippen molar-refractivity contribution in [3.63, 3.8) is 0 Å². The summed E-state index contributed by atoms with van der Waals surface area (Å²) in [6.07, 6.45) is 1.32. The van der Waals surface area contributed by atoms with Crippen LogP contribution in [0.3, 0.4) is 0 Å².